The minimum atomic E-state index is -0.173. The second-order valence-corrected chi connectivity index (χ2v) is 13.5. The standard InChI is InChI=1S/C46H48N4O7/c1-52-39-17-15-34(27-41(39)54-3)43-44(35-16-18-40(53-2)42(28-35)55-4)50(45(49-43)36-14-13-33-25-32-7-5-6-8-37(32)38(33)26-36)29-30-9-11-31(12-10-30)46(51)48-20-22-57-24-23-56-21-19-47/h5-18,26-28H,19-25,29,47H2,1-4H3,(H,48,51). The molecule has 11 nitrogen and oxygen atoms in total. The summed E-state index contributed by atoms with van der Waals surface area (Å²) >= 11 is 0. The second kappa shape index (κ2) is 18.2. The molecule has 1 aliphatic rings. The largest absolute Gasteiger partial charge is 0.493 e. The van der Waals surface area contributed by atoms with Crippen LogP contribution in [0.2, 0.25) is 0 Å². The summed E-state index contributed by atoms with van der Waals surface area (Å²) < 4.78 is 35.9. The number of hydrogen-bond donors (Lipinski definition) is 2. The summed E-state index contributed by atoms with van der Waals surface area (Å²) in [5.74, 6) is 3.04. The molecule has 1 heterocycles. The van der Waals surface area contributed by atoms with Crippen LogP contribution in [0.3, 0.4) is 0 Å². The third-order valence-electron chi connectivity index (χ3n) is 10.1. The Bertz CT molecular complexity index is 2340. The molecule has 0 bridgehead atoms. The van der Waals surface area contributed by atoms with E-state index < -0.39 is 0 Å². The van der Waals surface area contributed by atoms with Crippen molar-refractivity contribution < 1.29 is 33.2 Å². The Hall–Kier alpha value is -6.14. The number of nitrogens with one attached hydrogen (secondary N) is 1. The first-order chi connectivity index (χ1) is 28.0. The molecule has 0 fully saturated rings. The number of rotatable bonds is 18. The molecule has 3 N–H and O–H groups in total. The highest BCUT2D eigenvalue weighted by Gasteiger charge is 2.26. The van der Waals surface area contributed by atoms with Gasteiger partial charge in [0.2, 0.25) is 0 Å². The van der Waals surface area contributed by atoms with Gasteiger partial charge in [0.15, 0.2) is 23.0 Å². The average molecular weight is 769 g/mol. The van der Waals surface area contributed by atoms with Gasteiger partial charge in [-0.05, 0) is 88.8 Å². The van der Waals surface area contributed by atoms with E-state index in [4.69, 9.17) is 39.1 Å². The molecule has 0 saturated heterocycles. The van der Waals surface area contributed by atoms with Gasteiger partial charge in [-0.25, -0.2) is 4.98 Å². The maximum atomic E-state index is 13.1. The van der Waals surface area contributed by atoms with Crippen molar-refractivity contribution in [2.24, 2.45) is 5.73 Å². The van der Waals surface area contributed by atoms with E-state index in [0.717, 1.165) is 45.9 Å². The normalized spacial score (nSPS) is 11.5. The van der Waals surface area contributed by atoms with Crippen molar-refractivity contribution in [3.8, 4) is 68.0 Å². The number of benzene rings is 5. The van der Waals surface area contributed by atoms with Gasteiger partial charge < -0.3 is 44.0 Å². The molecule has 294 valence electrons. The number of carbonyl (C=O) groups is 1. The Morgan fingerprint density at radius 2 is 1.30 bits per heavy atom. The predicted molar refractivity (Wildman–Crippen MR) is 222 cm³/mol. The number of nitrogens with two attached hydrogens (primary N) is 1. The van der Waals surface area contributed by atoms with Gasteiger partial charge in [-0.15, -0.1) is 0 Å². The molecule has 1 amide bonds. The summed E-state index contributed by atoms with van der Waals surface area (Å²) in [6.45, 7) is 3.10. The van der Waals surface area contributed by atoms with Crippen LogP contribution in [-0.2, 0) is 22.4 Å². The SMILES string of the molecule is COc1ccc(-c2nc(-c3ccc4c(c3)-c3ccccc3C4)n(Cc3ccc(C(=O)NCCOCCOCCN)cc3)c2-c2ccc(OC)c(OC)c2)cc1OC. The Labute approximate surface area is 333 Å². The first-order valence-corrected chi connectivity index (χ1v) is 19.0. The first-order valence-electron chi connectivity index (χ1n) is 19.0. The predicted octanol–water partition coefficient (Wildman–Crippen LogP) is 7.26. The lowest BCUT2D eigenvalue weighted by atomic mass is 10.0. The molecule has 11 heteroatoms. The molecular formula is C46H48N4O7. The molecule has 0 spiro atoms. The molecule has 57 heavy (non-hydrogen) atoms. The van der Waals surface area contributed by atoms with Crippen LogP contribution >= 0.6 is 0 Å². The zero-order valence-electron chi connectivity index (χ0n) is 32.8. The van der Waals surface area contributed by atoms with E-state index in [0.29, 0.717) is 74.6 Å². The van der Waals surface area contributed by atoms with Gasteiger partial charge >= 0.3 is 0 Å². The number of hydrogen-bond acceptors (Lipinski definition) is 9. The van der Waals surface area contributed by atoms with Crippen molar-refractivity contribution in [3.05, 3.63) is 125 Å². The van der Waals surface area contributed by atoms with E-state index in [2.05, 4.69) is 52.3 Å². The van der Waals surface area contributed by atoms with Crippen molar-refractivity contribution in [2.45, 2.75) is 13.0 Å². The summed E-state index contributed by atoms with van der Waals surface area (Å²) in [6.07, 6.45) is 0.894. The summed E-state index contributed by atoms with van der Waals surface area (Å²) in [7, 11) is 6.51. The molecule has 0 atom stereocenters. The molecule has 1 aromatic heterocycles. The summed E-state index contributed by atoms with van der Waals surface area (Å²) in [5.41, 5.74) is 16.4. The topological polar surface area (TPSA) is 128 Å². The molecule has 0 radical (unpaired) electrons. The molecule has 0 saturated carbocycles. The van der Waals surface area contributed by atoms with Crippen LogP contribution in [0.1, 0.15) is 27.0 Å². The Kier molecular flexibility index (Phi) is 12.5. The summed E-state index contributed by atoms with van der Waals surface area (Å²) in [6, 6.07) is 34.6. The maximum Gasteiger partial charge on any atom is 0.251 e. The van der Waals surface area contributed by atoms with Crippen molar-refractivity contribution >= 4 is 5.91 Å². The molecule has 5 aromatic carbocycles. The number of amides is 1. The quantitative estimate of drug-likeness (QED) is 0.0868. The van der Waals surface area contributed by atoms with Crippen LogP contribution in [0, 0.1) is 0 Å². The average Bonchev–Trinajstić information content (AvgIpc) is 3.82. The number of imidazole rings is 1. The summed E-state index contributed by atoms with van der Waals surface area (Å²) in [4.78, 5) is 18.5. The fourth-order valence-electron chi connectivity index (χ4n) is 7.24. The van der Waals surface area contributed by atoms with Crippen molar-refractivity contribution in [3.63, 3.8) is 0 Å². The van der Waals surface area contributed by atoms with Crippen molar-refractivity contribution in [2.75, 3.05) is 68.0 Å². The van der Waals surface area contributed by atoms with Crippen LogP contribution in [-0.4, -0.2) is 83.4 Å². The van der Waals surface area contributed by atoms with Crippen LogP contribution in [0.15, 0.2) is 103 Å². The number of methoxy groups -OCH3 is 4. The first kappa shape index (κ1) is 39.1. The van der Waals surface area contributed by atoms with E-state index in [1.807, 2.05) is 60.7 Å². The molecular weight excluding hydrogens is 721 g/mol. The highest BCUT2D eigenvalue weighted by atomic mass is 16.5. The third-order valence-corrected chi connectivity index (χ3v) is 10.1. The highest BCUT2D eigenvalue weighted by Crippen LogP contribution is 2.44. The minimum Gasteiger partial charge on any atom is -0.493 e. The minimum absolute atomic E-state index is 0.173. The zero-order chi connectivity index (χ0) is 39.7. The Morgan fingerprint density at radius 3 is 2.00 bits per heavy atom. The zero-order valence-corrected chi connectivity index (χ0v) is 32.8. The van der Waals surface area contributed by atoms with Crippen molar-refractivity contribution in [1.29, 1.82) is 0 Å². The lowest BCUT2D eigenvalue weighted by molar-refractivity contribution is 0.0511. The van der Waals surface area contributed by atoms with Crippen molar-refractivity contribution in [1.82, 2.24) is 14.9 Å². The molecule has 1 aliphatic carbocycles. The maximum absolute atomic E-state index is 13.1. The van der Waals surface area contributed by atoms with E-state index in [-0.39, 0.29) is 5.91 Å². The monoisotopic (exact) mass is 768 g/mol. The molecule has 0 aliphatic heterocycles. The second-order valence-electron chi connectivity index (χ2n) is 13.5. The van der Waals surface area contributed by atoms with Gasteiger partial charge in [0.05, 0.1) is 66.3 Å². The smallest absolute Gasteiger partial charge is 0.251 e. The number of fused-ring (bicyclic) bond motifs is 3. The number of carbonyl (C=O) groups excluding carboxylic acids is 1. The van der Waals surface area contributed by atoms with E-state index in [1.54, 1.807) is 28.4 Å². The summed E-state index contributed by atoms with van der Waals surface area (Å²) in [5, 5.41) is 2.94. The molecule has 6 aromatic rings. The van der Waals surface area contributed by atoms with Gasteiger partial charge in [0, 0.05) is 41.9 Å². The lowest BCUT2D eigenvalue weighted by Gasteiger charge is -2.16. The van der Waals surface area contributed by atoms with Gasteiger partial charge in [0.25, 0.3) is 5.91 Å². The van der Waals surface area contributed by atoms with E-state index >= 15 is 0 Å². The molecule has 0 unspecified atom stereocenters. The van der Waals surface area contributed by atoms with Gasteiger partial charge in [-0.3, -0.25) is 4.79 Å². The van der Waals surface area contributed by atoms with Gasteiger partial charge in [-0.2, -0.15) is 0 Å². The fraction of sp³-hybridized carbons (Fsp3) is 0.261. The molecule has 7 rings (SSSR count). The number of ether oxygens (including phenoxy) is 6. The van der Waals surface area contributed by atoms with E-state index in [9.17, 15) is 4.79 Å². The van der Waals surface area contributed by atoms with Crippen LogP contribution < -0.4 is 30.0 Å². The Balaban J connectivity index is 1.30. The fourth-order valence-corrected chi connectivity index (χ4v) is 7.24. The van der Waals surface area contributed by atoms with Crippen LogP contribution in [0.25, 0.3) is 45.0 Å². The lowest BCUT2D eigenvalue weighted by Crippen LogP contribution is -2.27. The Morgan fingerprint density at radius 1 is 0.667 bits per heavy atom. The third kappa shape index (κ3) is 8.51. The number of nitrogens with zero attached hydrogens (tertiary/aromatic N) is 2. The highest BCUT2D eigenvalue weighted by molar-refractivity contribution is 5.94. The van der Waals surface area contributed by atoms with Gasteiger partial charge in [0.1, 0.15) is 5.82 Å². The van der Waals surface area contributed by atoms with Crippen LogP contribution in [0.5, 0.6) is 23.0 Å². The van der Waals surface area contributed by atoms with Gasteiger partial charge in [-0.1, -0.05) is 48.5 Å². The van der Waals surface area contributed by atoms with Crippen LogP contribution in [0.4, 0.5) is 0 Å². The van der Waals surface area contributed by atoms with E-state index in [1.165, 1.54) is 22.3 Å². The number of aromatic nitrogens is 2.